The number of furan rings is 1. The highest BCUT2D eigenvalue weighted by atomic mass is 35.5. The van der Waals surface area contributed by atoms with Crippen LogP contribution >= 0.6 is 11.6 Å². The number of benzene rings is 1. The summed E-state index contributed by atoms with van der Waals surface area (Å²) in [5.74, 6) is 0.572. The number of ether oxygens (including phenoxy) is 1. The fourth-order valence-corrected chi connectivity index (χ4v) is 5.10. The van der Waals surface area contributed by atoms with Gasteiger partial charge in [-0.25, -0.2) is 4.68 Å². The molecule has 1 aromatic carbocycles. The van der Waals surface area contributed by atoms with Crippen LogP contribution in [0.25, 0.3) is 17.1 Å². The van der Waals surface area contributed by atoms with Crippen LogP contribution in [0.4, 0.5) is 0 Å². The summed E-state index contributed by atoms with van der Waals surface area (Å²) >= 11 is 6.05. The Kier molecular flexibility index (Phi) is 6.67. The van der Waals surface area contributed by atoms with E-state index in [9.17, 15) is 9.59 Å². The minimum absolute atomic E-state index is 0.0449. The molecule has 8 nitrogen and oxygen atoms in total. The van der Waals surface area contributed by atoms with Crippen molar-refractivity contribution in [2.24, 2.45) is 5.92 Å². The van der Waals surface area contributed by atoms with E-state index in [4.69, 9.17) is 20.8 Å². The Morgan fingerprint density at radius 2 is 1.69 bits per heavy atom. The number of piperidine rings is 1. The lowest BCUT2D eigenvalue weighted by molar-refractivity contribution is -0.148. The molecule has 2 aromatic heterocycles. The van der Waals surface area contributed by atoms with Crippen molar-refractivity contribution in [1.29, 1.82) is 0 Å². The second-order valence-electron chi connectivity index (χ2n) is 9.35. The van der Waals surface area contributed by atoms with Crippen molar-refractivity contribution >= 4 is 23.4 Å². The molecule has 2 aliphatic heterocycles. The van der Waals surface area contributed by atoms with Gasteiger partial charge >= 0.3 is 0 Å². The maximum absolute atomic E-state index is 13.4. The third-order valence-corrected chi connectivity index (χ3v) is 6.89. The van der Waals surface area contributed by atoms with Gasteiger partial charge in [-0.15, -0.1) is 0 Å². The van der Waals surface area contributed by atoms with E-state index in [1.165, 1.54) is 0 Å². The first-order valence-electron chi connectivity index (χ1n) is 12.0. The van der Waals surface area contributed by atoms with Gasteiger partial charge in [-0.1, -0.05) is 11.6 Å². The highest BCUT2D eigenvalue weighted by Crippen LogP contribution is 2.28. The molecule has 0 saturated carbocycles. The Morgan fingerprint density at radius 3 is 2.31 bits per heavy atom. The van der Waals surface area contributed by atoms with E-state index in [1.807, 2.05) is 36.9 Å². The van der Waals surface area contributed by atoms with Gasteiger partial charge in [0.25, 0.3) is 5.91 Å². The molecule has 0 N–H and O–H groups in total. The van der Waals surface area contributed by atoms with E-state index in [0.29, 0.717) is 61.2 Å². The first-order valence-corrected chi connectivity index (χ1v) is 12.4. The van der Waals surface area contributed by atoms with E-state index >= 15 is 0 Å². The van der Waals surface area contributed by atoms with Gasteiger partial charge in [0.2, 0.25) is 5.91 Å². The summed E-state index contributed by atoms with van der Waals surface area (Å²) in [4.78, 5) is 30.2. The second kappa shape index (κ2) is 9.87. The molecule has 35 heavy (non-hydrogen) atoms. The summed E-state index contributed by atoms with van der Waals surface area (Å²) in [5.41, 5.74) is 1.80. The number of rotatable bonds is 4. The van der Waals surface area contributed by atoms with Crippen LogP contribution < -0.4 is 0 Å². The van der Waals surface area contributed by atoms with Gasteiger partial charge < -0.3 is 19.0 Å². The van der Waals surface area contributed by atoms with Crippen molar-refractivity contribution in [3.05, 3.63) is 59.4 Å². The number of hydrogen-bond acceptors (Lipinski definition) is 5. The van der Waals surface area contributed by atoms with E-state index < -0.39 is 0 Å². The highest BCUT2D eigenvalue weighted by Gasteiger charge is 2.34. The minimum atomic E-state index is -0.148. The average Bonchev–Trinajstić information content (AvgIpc) is 3.53. The van der Waals surface area contributed by atoms with Crippen LogP contribution in [0.1, 0.15) is 37.2 Å². The van der Waals surface area contributed by atoms with Crippen LogP contribution in [-0.2, 0) is 9.53 Å². The number of carbonyl (C=O) groups is 2. The molecule has 184 valence electrons. The van der Waals surface area contributed by atoms with Gasteiger partial charge in [0.05, 0.1) is 24.2 Å². The van der Waals surface area contributed by atoms with Crippen LogP contribution in [-0.4, -0.2) is 69.8 Å². The zero-order chi connectivity index (χ0) is 24.5. The van der Waals surface area contributed by atoms with Crippen molar-refractivity contribution in [3.8, 4) is 17.1 Å². The van der Waals surface area contributed by atoms with Crippen LogP contribution in [0.15, 0.2) is 53.1 Å². The first kappa shape index (κ1) is 23.6. The number of amides is 2. The molecule has 0 spiro atoms. The van der Waals surface area contributed by atoms with Crippen LogP contribution in [0.3, 0.4) is 0 Å². The number of carbonyl (C=O) groups excluding carboxylic acids is 2. The summed E-state index contributed by atoms with van der Waals surface area (Å²) in [5, 5.41) is 5.24. The maximum Gasteiger partial charge on any atom is 0.274 e. The predicted molar refractivity (Wildman–Crippen MR) is 131 cm³/mol. The molecule has 3 aromatic rings. The smallest absolute Gasteiger partial charge is 0.274 e. The predicted octanol–water partition coefficient (Wildman–Crippen LogP) is 4.27. The number of nitrogens with zero attached hydrogens (tertiary/aromatic N) is 4. The summed E-state index contributed by atoms with van der Waals surface area (Å²) in [6, 6.07) is 12.6. The average molecular weight is 497 g/mol. The normalized spacial score (nSPS) is 21.3. The van der Waals surface area contributed by atoms with E-state index in [0.717, 1.165) is 5.69 Å². The zero-order valence-corrected chi connectivity index (χ0v) is 20.6. The Balaban J connectivity index is 1.30. The number of likely N-dealkylation sites (tertiary alicyclic amines) is 1. The number of halogens is 1. The van der Waals surface area contributed by atoms with Crippen LogP contribution in [0, 0.1) is 5.92 Å². The molecule has 0 radical (unpaired) electrons. The fourth-order valence-electron chi connectivity index (χ4n) is 4.97. The van der Waals surface area contributed by atoms with E-state index in [1.54, 1.807) is 40.1 Å². The standard InChI is InChI=1S/C26H29ClN4O4/c1-17-15-30(16-18(2)35-17)25(32)19-9-11-29(12-10-19)26(33)22-14-23(24-4-3-13-34-24)31(28-22)21-7-5-20(27)6-8-21/h3-8,13-14,17-19H,9-12,15-16H2,1-2H3/t17-,18+. The SMILES string of the molecule is C[C@@H]1CN(C(=O)C2CCN(C(=O)c3cc(-c4ccco4)n(-c4ccc(Cl)cc4)n3)CC2)C[C@H](C)O1. The van der Waals surface area contributed by atoms with Gasteiger partial charge in [-0.05, 0) is 63.1 Å². The summed E-state index contributed by atoms with van der Waals surface area (Å²) in [6.45, 7) is 6.29. The molecule has 2 saturated heterocycles. The Morgan fingerprint density at radius 1 is 1.00 bits per heavy atom. The number of aromatic nitrogens is 2. The first-order chi connectivity index (χ1) is 16.9. The lowest BCUT2D eigenvalue weighted by atomic mass is 9.94. The molecule has 2 atom stereocenters. The zero-order valence-electron chi connectivity index (χ0n) is 19.9. The fraction of sp³-hybridized carbons (Fsp3) is 0.423. The quantitative estimate of drug-likeness (QED) is 0.538. The van der Waals surface area contributed by atoms with Crippen LogP contribution in [0.2, 0.25) is 5.02 Å². The molecule has 2 amide bonds. The third-order valence-electron chi connectivity index (χ3n) is 6.64. The van der Waals surface area contributed by atoms with Crippen LogP contribution in [0.5, 0.6) is 0 Å². The van der Waals surface area contributed by atoms with Gasteiger partial charge in [0, 0.05) is 43.2 Å². The Hall–Kier alpha value is -3.10. The molecule has 0 unspecified atom stereocenters. The van der Waals surface area contributed by atoms with Crippen molar-refractivity contribution in [2.45, 2.75) is 38.9 Å². The van der Waals surface area contributed by atoms with Crippen molar-refractivity contribution in [3.63, 3.8) is 0 Å². The molecule has 2 fully saturated rings. The number of hydrogen-bond donors (Lipinski definition) is 0. The molecule has 4 heterocycles. The summed E-state index contributed by atoms with van der Waals surface area (Å²) in [6.07, 6.45) is 2.97. The monoisotopic (exact) mass is 496 g/mol. The van der Waals surface area contributed by atoms with E-state index in [2.05, 4.69) is 5.10 Å². The molecule has 0 aliphatic carbocycles. The molecular formula is C26H29ClN4O4. The van der Waals surface area contributed by atoms with Crippen molar-refractivity contribution < 1.29 is 18.7 Å². The molecular weight excluding hydrogens is 468 g/mol. The highest BCUT2D eigenvalue weighted by molar-refractivity contribution is 6.30. The molecule has 5 rings (SSSR count). The molecule has 2 aliphatic rings. The third kappa shape index (κ3) is 4.99. The number of morpholine rings is 1. The Labute approximate surface area is 209 Å². The Bertz CT molecular complexity index is 1170. The molecule has 0 bridgehead atoms. The lowest BCUT2D eigenvalue weighted by Gasteiger charge is -2.39. The summed E-state index contributed by atoms with van der Waals surface area (Å²) in [7, 11) is 0. The van der Waals surface area contributed by atoms with Crippen molar-refractivity contribution in [1.82, 2.24) is 19.6 Å². The maximum atomic E-state index is 13.4. The van der Waals surface area contributed by atoms with Gasteiger partial charge in [-0.2, -0.15) is 5.10 Å². The van der Waals surface area contributed by atoms with Gasteiger partial charge in [-0.3, -0.25) is 9.59 Å². The van der Waals surface area contributed by atoms with Crippen molar-refractivity contribution in [2.75, 3.05) is 26.2 Å². The minimum Gasteiger partial charge on any atom is -0.463 e. The summed E-state index contributed by atoms with van der Waals surface area (Å²) < 4.78 is 13.0. The van der Waals surface area contributed by atoms with Gasteiger partial charge in [0.15, 0.2) is 11.5 Å². The van der Waals surface area contributed by atoms with Gasteiger partial charge in [0.1, 0.15) is 5.69 Å². The topological polar surface area (TPSA) is 80.8 Å². The second-order valence-corrected chi connectivity index (χ2v) is 9.78. The lowest BCUT2D eigenvalue weighted by Crippen LogP contribution is -2.51. The largest absolute Gasteiger partial charge is 0.463 e. The molecule has 9 heteroatoms. The van der Waals surface area contributed by atoms with E-state index in [-0.39, 0.29) is 29.9 Å².